The molecule has 7 heteroatoms. The van der Waals surface area contributed by atoms with Crippen LogP contribution in [0.2, 0.25) is 0 Å². The topological polar surface area (TPSA) is 58.6 Å². The molecule has 0 aromatic heterocycles. The molecule has 0 spiro atoms. The van der Waals surface area contributed by atoms with Gasteiger partial charge in [-0.2, -0.15) is 0 Å². The minimum absolute atomic E-state index is 0.245. The van der Waals surface area contributed by atoms with Crippen molar-refractivity contribution in [3.8, 4) is 5.75 Å². The molecule has 0 aliphatic rings. The van der Waals surface area contributed by atoms with Gasteiger partial charge in [-0.05, 0) is 29.8 Å². The highest BCUT2D eigenvalue weighted by atomic mass is 19.4. The molecular formula is C15H12F3NO3. The van der Waals surface area contributed by atoms with Crippen LogP contribution in [0.1, 0.15) is 11.7 Å². The first-order valence-electron chi connectivity index (χ1n) is 6.25. The Morgan fingerprint density at radius 2 is 1.64 bits per heavy atom. The third-order valence-corrected chi connectivity index (χ3v) is 2.72. The number of aliphatic hydroxyl groups excluding tert-OH is 1. The maximum absolute atomic E-state index is 12.0. The molecule has 1 amide bonds. The molecule has 0 radical (unpaired) electrons. The Kier molecular flexibility index (Phi) is 4.67. The van der Waals surface area contributed by atoms with Crippen molar-refractivity contribution < 1.29 is 27.8 Å². The van der Waals surface area contributed by atoms with Crippen molar-refractivity contribution in [2.75, 3.05) is 5.32 Å². The lowest BCUT2D eigenvalue weighted by molar-refractivity contribution is -0.274. The van der Waals surface area contributed by atoms with E-state index in [-0.39, 0.29) is 5.69 Å². The van der Waals surface area contributed by atoms with E-state index in [0.717, 1.165) is 12.1 Å². The van der Waals surface area contributed by atoms with Gasteiger partial charge in [0.2, 0.25) is 0 Å². The summed E-state index contributed by atoms with van der Waals surface area (Å²) >= 11 is 0. The molecular weight excluding hydrogens is 299 g/mol. The van der Waals surface area contributed by atoms with Crippen LogP contribution in [0.25, 0.3) is 0 Å². The van der Waals surface area contributed by atoms with Crippen LogP contribution >= 0.6 is 0 Å². The average Bonchev–Trinajstić information content (AvgIpc) is 2.48. The Bertz CT molecular complexity index is 627. The van der Waals surface area contributed by atoms with Crippen molar-refractivity contribution in [1.82, 2.24) is 0 Å². The summed E-state index contributed by atoms with van der Waals surface area (Å²) in [4.78, 5) is 11.9. The molecule has 0 aliphatic heterocycles. The van der Waals surface area contributed by atoms with Crippen LogP contribution < -0.4 is 10.1 Å². The molecule has 0 bridgehead atoms. The first-order chi connectivity index (χ1) is 10.3. The monoisotopic (exact) mass is 311 g/mol. The third-order valence-electron chi connectivity index (χ3n) is 2.72. The van der Waals surface area contributed by atoms with E-state index in [9.17, 15) is 23.1 Å². The Morgan fingerprint density at radius 1 is 1.05 bits per heavy atom. The summed E-state index contributed by atoms with van der Waals surface area (Å²) in [6, 6.07) is 12.9. The molecule has 2 N–H and O–H groups in total. The van der Waals surface area contributed by atoms with Crippen LogP contribution in [-0.4, -0.2) is 17.4 Å². The highest BCUT2D eigenvalue weighted by molar-refractivity contribution is 5.94. The maximum Gasteiger partial charge on any atom is 0.573 e. The van der Waals surface area contributed by atoms with Gasteiger partial charge in [0.25, 0.3) is 5.91 Å². The van der Waals surface area contributed by atoms with Crippen molar-refractivity contribution in [2.24, 2.45) is 0 Å². The van der Waals surface area contributed by atoms with Crippen molar-refractivity contribution in [3.05, 3.63) is 60.2 Å². The van der Waals surface area contributed by atoms with Crippen molar-refractivity contribution in [2.45, 2.75) is 12.5 Å². The fourth-order valence-corrected chi connectivity index (χ4v) is 1.74. The van der Waals surface area contributed by atoms with E-state index in [1.807, 2.05) is 0 Å². The number of nitrogens with one attached hydrogen (secondary N) is 1. The smallest absolute Gasteiger partial charge is 0.406 e. The number of hydrogen-bond donors (Lipinski definition) is 2. The van der Waals surface area contributed by atoms with Gasteiger partial charge in [-0.25, -0.2) is 0 Å². The zero-order valence-electron chi connectivity index (χ0n) is 11.2. The summed E-state index contributed by atoms with van der Waals surface area (Å²) in [6.45, 7) is 0. The standard InChI is InChI=1S/C15H12F3NO3/c16-15(17,18)22-12-8-6-11(7-9-12)19-14(21)13(20)10-4-2-1-3-5-10/h1-9,13,20H,(H,19,21). The third kappa shape index (κ3) is 4.49. The van der Waals surface area contributed by atoms with Gasteiger partial charge in [-0.3, -0.25) is 4.79 Å². The van der Waals surface area contributed by atoms with E-state index in [1.165, 1.54) is 12.1 Å². The summed E-state index contributed by atoms with van der Waals surface area (Å²) in [6.07, 6.45) is -6.14. The minimum atomic E-state index is -4.77. The van der Waals surface area contributed by atoms with Crippen molar-refractivity contribution in [1.29, 1.82) is 0 Å². The number of ether oxygens (including phenoxy) is 1. The highest BCUT2D eigenvalue weighted by Crippen LogP contribution is 2.24. The van der Waals surface area contributed by atoms with Crippen molar-refractivity contribution >= 4 is 11.6 Å². The predicted octanol–water partition coefficient (Wildman–Crippen LogP) is 3.26. The van der Waals surface area contributed by atoms with E-state index < -0.39 is 24.1 Å². The number of anilines is 1. The molecule has 4 nitrogen and oxygen atoms in total. The lowest BCUT2D eigenvalue weighted by atomic mass is 10.1. The molecule has 0 saturated carbocycles. The number of carbonyl (C=O) groups excluding carboxylic acids is 1. The first-order valence-corrected chi connectivity index (χ1v) is 6.25. The van der Waals surface area contributed by atoms with Crippen LogP contribution in [0.5, 0.6) is 5.75 Å². The first kappa shape index (κ1) is 15.8. The largest absolute Gasteiger partial charge is 0.573 e. The number of halogens is 3. The van der Waals surface area contributed by atoms with Gasteiger partial charge in [0, 0.05) is 5.69 Å². The number of carbonyl (C=O) groups is 1. The molecule has 2 rings (SSSR count). The number of benzene rings is 2. The van der Waals surface area contributed by atoms with Crippen molar-refractivity contribution in [3.63, 3.8) is 0 Å². The van der Waals surface area contributed by atoms with Crippen LogP contribution in [0.4, 0.5) is 18.9 Å². The number of hydrogen-bond acceptors (Lipinski definition) is 3. The number of alkyl halides is 3. The van der Waals surface area contributed by atoms with E-state index in [4.69, 9.17) is 0 Å². The van der Waals surface area contributed by atoms with Gasteiger partial charge in [0.15, 0.2) is 6.10 Å². The molecule has 2 aromatic carbocycles. The quantitative estimate of drug-likeness (QED) is 0.911. The highest BCUT2D eigenvalue weighted by Gasteiger charge is 2.31. The van der Waals surface area contributed by atoms with E-state index in [2.05, 4.69) is 10.1 Å². The fourth-order valence-electron chi connectivity index (χ4n) is 1.74. The molecule has 0 fully saturated rings. The second kappa shape index (κ2) is 6.48. The lowest BCUT2D eigenvalue weighted by Gasteiger charge is -2.12. The summed E-state index contributed by atoms with van der Waals surface area (Å²) in [5, 5.41) is 12.3. The summed E-state index contributed by atoms with van der Waals surface area (Å²) in [5.74, 6) is -1.08. The van der Waals surface area contributed by atoms with Crippen LogP contribution in [0.15, 0.2) is 54.6 Å². The molecule has 0 aliphatic carbocycles. The van der Waals surface area contributed by atoms with Gasteiger partial charge < -0.3 is 15.2 Å². The van der Waals surface area contributed by atoms with Gasteiger partial charge in [-0.15, -0.1) is 13.2 Å². The normalized spacial score (nSPS) is 12.5. The summed E-state index contributed by atoms with van der Waals surface area (Å²) < 4.78 is 39.8. The van der Waals surface area contributed by atoms with Gasteiger partial charge in [0.1, 0.15) is 5.75 Å². The molecule has 1 atom stereocenters. The summed E-state index contributed by atoms with van der Waals surface area (Å²) in [5.41, 5.74) is 0.659. The van der Waals surface area contributed by atoms with Gasteiger partial charge in [0.05, 0.1) is 0 Å². The molecule has 0 saturated heterocycles. The second-order valence-electron chi connectivity index (χ2n) is 4.37. The van der Waals surface area contributed by atoms with Gasteiger partial charge >= 0.3 is 6.36 Å². The molecule has 0 heterocycles. The number of aliphatic hydroxyl groups is 1. The van der Waals surface area contributed by atoms with Crippen LogP contribution in [0, 0.1) is 0 Å². The number of amides is 1. The van der Waals surface area contributed by atoms with E-state index >= 15 is 0 Å². The van der Waals surface area contributed by atoms with E-state index in [1.54, 1.807) is 30.3 Å². The van der Waals surface area contributed by atoms with Crippen LogP contribution in [-0.2, 0) is 4.79 Å². The molecule has 2 aromatic rings. The van der Waals surface area contributed by atoms with Crippen LogP contribution in [0.3, 0.4) is 0 Å². The minimum Gasteiger partial charge on any atom is -0.406 e. The Balaban J connectivity index is 2.00. The number of rotatable bonds is 4. The SMILES string of the molecule is O=C(Nc1ccc(OC(F)(F)F)cc1)C(O)c1ccccc1. The zero-order valence-corrected chi connectivity index (χ0v) is 11.2. The fraction of sp³-hybridized carbons (Fsp3) is 0.133. The molecule has 22 heavy (non-hydrogen) atoms. The lowest BCUT2D eigenvalue weighted by Crippen LogP contribution is -2.20. The average molecular weight is 311 g/mol. The summed E-state index contributed by atoms with van der Waals surface area (Å²) in [7, 11) is 0. The van der Waals surface area contributed by atoms with E-state index in [0.29, 0.717) is 5.56 Å². The second-order valence-corrected chi connectivity index (χ2v) is 4.37. The maximum atomic E-state index is 12.0. The molecule has 1 unspecified atom stereocenters. The zero-order chi connectivity index (χ0) is 16.2. The molecule has 116 valence electrons. The Hall–Kier alpha value is -2.54. The van der Waals surface area contributed by atoms with Gasteiger partial charge in [-0.1, -0.05) is 30.3 Å². The Labute approximate surface area is 124 Å². The predicted molar refractivity (Wildman–Crippen MR) is 73.2 cm³/mol. The Morgan fingerprint density at radius 3 is 2.18 bits per heavy atom.